The number of carbonyl (C=O) groups is 2. The second-order valence-corrected chi connectivity index (χ2v) is 6.21. The molecule has 0 spiro atoms. The van der Waals surface area contributed by atoms with Gasteiger partial charge in [-0.25, -0.2) is 9.86 Å². The molecule has 1 aliphatic rings. The van der Waals surface area contributed by atoms with Crippen molar-refractivity contribution in [3.8, 4) is 0 Å². The number of hydrogen-bond donors (Lipinski definition) is 1. The van der Waals surface area contributed by atoms with E-state index in [0.29, 0.717) is 0 Å². The van der Waals surface area contributed by atoms with Crippen molar-refractivity contribution < 1.29 is 19.2 Å². The molecule has 0 saturated heterocycles. The van der Waals surface area contributed by atoms with Crippen LogP contribution < -0.4 is 5.32 Å². The third-order valence-corrected chi connectivity index (χ3v) is 3.38. The van der Waals surface area contributed by atoms with Crippen molar-refractivity contribution in [1.29, 1.82) is 0 Å². The minimum atomic E-state index is -0.488. The van der Waals surface area contributed by atoms with Crippen LogP contribution in [-0.2, 0) is 14.4 Å². The van der Waals surface area contributed by atoms with Crippen LogP contribution in [0.25, 0.3) is 0 Å². The van der Waals surface area contributed by atoms with Crippen LogP contribution in [0.2, 0.25) is 0 Å². The second kappa shape index (κ2) is 6.92. The summed E-state index contributed by atoms with van der Waals surface area (Å²) < 4.78 is 5.23. The van der Waals surface area contributed by atoms with E-state index in [0.717, 1.165) is 25.7 Å². The first-order valence-corrected chi connectivity index (χ1v) is 7.04. The highest BCUT2D eigenvalue weighted by Gasteiger charge is 2.29. The average Bonchev–Trinajstić information content (AvgIpc) is 2.35. The zero-order chi connectivity index (χ0) is 15.3. The van der Waals surface area contributed by atoms with E-state index in [1.165, 1.54) is 12.2 Å². The van der Waals surface area contributed by atoms with Crippen molar-refractivity contribution in [2.45, 2.75) is 58.1 Å². The smallest absolute Gasteiger partial charge is 0.407 e. The minimum absolute atomic E-state index is 0.00298. The van der Waals surface area contributed by atoms with Crippen LogP contribution in [-0.4, -0.2) is 42.9 Å². The molecule has 20 heavy (non-hydrogen) atoms. The first-order valence-electron chi connectivity index (χ1n) is 7.04. The Balaban J connectivity index is 2.36. The van der Waals surface area contributed by atoms with E-state index in [-0.39, 0.29) is 24.0 Å². The fourth-order valence-electron chi connectivity index (χ4n) is 2.31. The summed E-state index contributed by atoms with van der Waals surface area (Å²) in [5.74, 6) is -0.0140. The zero-order valence-corrected chi connectivity index (χ0v) is 13.1. The summed E-state index contributed by atoms with van der Waals surface area (Å²) in [6.07, 6.45) is 2.70. The number of nitrogens with zero attached hydrogens (tertiary/aromatic N) is 1. The second-order valence-electron chi connectivity index (χ2n) is 6.21. The Bertz CT molecular complexity index is 344. The van der Waals surface area contributed by atoms with E-state index in [2.05, 4.69) is 5.32 Å². The summed E-state index contributed by atoms with van der Waals surface area (Å²) in [5.41, 5.74) is -0.488. The molecule has 0 aliphatic heterocycles. The highest BCUT2D eigenvalue weighted by molar-refractivity contribution is 5.77. The summed E-state index contributed by atoms with van der Waals surface area (Å²) in [6.45, 7) is 5.51. The van der Waals surface area contributed by atoms with Gasteiger partial charge in [0.25, 0.3) is 0 Å². The van der Waals surface area contributed by atoms with E-state index in [1.54, 1.807) is 7.05 Å². The predicted octanol–water partition coefficient (Wildman–Crippen LogP) is 2.09. The molecule has 0 aromatic rings. The fraction of sp³-hybridized carbons (Fsp3) is 0.857. The Hall–Kier alpha value is -1.30. The molecule has 0 unspecified atom stereocenters. The van der Waals surface area contributed by atoms with E-state index in [1.807, 2.05) is 20.8 Å². The summed E-state index contributed by atoms with van der Waals surface area (Å²) >= 11 is 0. The maximum Gasteiger partial charge on any atom is 0.407 e. The van der Waals surface area contributed by atoms with Gasteiger partial charge in [0.05, 0.1) is 7.11 Å². The van der Waals surface area contributed by atoms with Gasteiger partial charge in [0.2, 0.25) is 5.91 Å². The molecular weight excluding hydrogens is 260 g/mol. The van der Waals surface area contributed by atoms with Crippen LogP contribution in [0.15, 0.2) is 0 Å². The lowest BCUT2D eigenvalue weighted by molar-refractivity contribution is -0.174. The van der Waals surface area contributed by atoms with Crippen molar-refractivity contribution in [3.63, 3.8) is 0 Å². The van der Waals surface area contributed by atoms with Crippen LogP contribution in [0, 0.1) is 5.92 Å². The molecular formula is C14H26N2O4. The number of hydroxylamine groups is 2. The van der Waals surface area contributed by atoms with Gasteiger partial charge < -0.3 is 10.1 Å². The van der Waals surface area contributed by atoms with Gasteiger partial charge in [-0.3, -0.25) is 9.63 Å². The number of amides is 2. The van der Waals surface area contributed by atoms with Gasteiger partial charge in [-0.05, 0) is 46.5 Å². The summed E-state index contributed by atoms with van der Waals surface area (Å²) in [4.78, 5) is 28.5. The van der Waals surface area contributed by atoms with Crippen LogP contribution in [0.1, 0.15) is 46.5 Å². The van der Waals surface area contributed by atoms with Gasteiger partial charge in [0.15, 0.2) is 0 Å². The van der Waals surface area contributed by atoms with E-state index >= 15 is 0 Å². The number of alkyl carbamates (subject to hydrolysis) is 1. The molecule has 2 amide bonds. The number of nitrogens with one attached hydrogen (secondary N) is 1. The molecule has 116 valence electrons. The van der Waals surface area contributed by atoms with Crippen molar-refractivity contribution in [2.75, 3.05) is 14.2 Å². The topological polar surface area (TPSA) is 67.9 Å². The Labute approximate surface area is 120 Å². The van der Waals surface area contributed by atoms with E-state index < -0.39 is 5.60 Å². The Morgan fingerprint density at radius 1 is 1.15 bits per heavy atom. The normalized spacial score (nSPS) is 23.1. The third kappa shape index (κ3) is 5.36. The molecule has 1 saturated carbocycles. The Kier molecular flexibility index (Phi) is 5.80. The lowest BCUT2D eigenvalue weighted by Gasteiger charge is -2.30. The number of ether oxygens (including phenoxy) is 1. The molecule has 1 aliphatic carbocycles. The van der Waals surface area contributed by atoms with E-state index in [4.69, 9.17) is 9.57 Å². The SMILES string of the molecule is CON(C)C(=O)[C@H]1CC[C@H](NC(=O)OC(C)(C)C)CC1. The number of hydrogen-bond acceptors (Lipinski definition) is 4. The van der Waals surface area contributed by atoms with Gasteiger partial charge in [-0.1, -0.05) is 0 Å². The molecule has 0 radical (unpaired) electrons. The third-order valence-electron chi connectivity index (χ3n) is 3.38. The van der Waals surface area contributed by atoms with Gasteiger partial charge in [0.1, 0.15) is 5.60 Å². The van der Waals surface area contributed by atoms with Gasteiger partial charge in [-0.15, -0.1) is 0 Å². The Morgan fingerprint density at radius 3 is 2.15 bits per heavy atom. The highest BCUT2D eigenvalue weighted by Crippen LogP contribution is 2.26. The van der Waals surface area contributed by atoms with Crippen molar-refractivity contribution in [2.24, 2.45) is 5.92 Å². The molecule has 6 heteroatoms. The van der Waals surface area contributed by atoms with Crippen LogP contribution in [0.3, 0.4) is 0 Å². The van der Waals surface area contributed by atoms with Crippen LogP contribution in [0.4, 0.5) is 4.79 Å². The quantitative estimate of drug-likeness (QED) is 0.807. The number of rotatable bonds is 3. The lowest BCUT2D eigenvalue weighted by Crippen LogP contribution is -2.43. The minimum Gasteiger partial charge on any atom is -0.444 e. The molecule has 1 fully saturated rings. The van der Waals surface area contributed by atoms with Gasteiger partial charge in [0, 0.05) is 19.0 Å². The molecule has 1 rings (SSSR count). The molecule has 0 heterocycles. The van der Waals surface area contributed by atoms with E-state index in [9.17, 15) is 9.59 Å². The molecule has 0 aromatic carbocycles. The summed E-state index contributed by atoms with van der Waals surface area (Å²) in [7, 11) is 3.10. The fourth-order valence-corrected chi connectivity index (χ4v) is 2.31. The average molecular weight is 286 g/mol. The first-order chi connectivity index (χ1) is 9.23. The zero-order valence-electron chi connectivity index (χ0n) is 13.1. The first kappa shape index (κ1) is 16.8. The van der Waals surface area contributed by atoms with Crippen LogP contribution in [0.5, 0.6) is 0 Å². The van der Waals surface area contributed by atoms with Gasteiger partial charge in [-0.2, -0.15) is 0 Å². The van der Waals surface area contributed by atoms with Gasteiger partial charge >= 0.3 is 6.09 Å². The van der Waals surface area contributed by atoms with Crippen molar-refractivity contribution in [3.05, 3.63) is 0 Å². The molecule has 0 atom stereocenters. The predicted molar refractivity (Wildman–Crippen MR) is 74.9 cm³/mol. The molecule has 6 nitrogen and oxygen atoms in total. The monoisotopic (exact) mass is 286 g/mol. The summed E-state index contributed by atoms with van der Waals surface area (Å²) in [6, 6.07) is 0.0850. The lowest BCUT2D eigenvalue weighted by atomic mass is 9.85. The molecule has 1 N–H and O–H groups in total. The highest BCUT2D eigenvalue weighted by atomic mass is 16.7. The number of carbonyl (C=O) groups excluding carboxylic acids is 2. The Morgan fingerprint density at radius 2 is 1.70 bits per heavy atom. The summed E-state index contributed by atoms with van der Waals surface area (Å²) in [5, 5.41) is 4.13. The maximum absolute atomic E-state index is 11.9. The van der Waals surface area contributed by atoms with Crippen molar-refractivity contribution in [1.82, 2.24) is 10.4 Å². The molecule has 0 aromatic heterocycles. The standard InChI is InChI=1S/C14H26N2O4/c1-14(2,3)20-13(18)15-11-8-6-10(7-9-11)12(17)16(4)19-5/h10-11H,6-9H2,1-5H3,(H,15,18)/t10-,11-. The largest absolute Gasteiger partial charge is 0.444 e. The maximum atomic E-state index is 11.9. The van der Waals surface area contributed by atoms with Crippen molar-refractivity contribution >= 4 is 12.0 Å². The van der Waals surface area contributed by atoms with Crippen LogP contribution >= 0.6 is 0 Å². The molecule has 0 bridgehead atoms.